The summed E-state index contributed by atoms with van der Waals surface area (Å²) in [5.74, 6) is 1.98. The molecule has 0 spiro atoms. The molecule has 1 heterocycles. The van der Waals surface area contributed by atoms with Gasteiger partial charge in [0.25, 0.3) is 0 Å². The largest absolute Gasteiger partial charge is 0.481 e. The van der Waals surface area contributed by atoms with Crippen LogP contribution in [0, 0.1) is 17.3 Å². The lowest BCUT2D eigenvalue weighted by Crippen LogP contribution is -2.41. The molecular weight excluding hydrogens is 264 g/mol. The molecule has 0 aromatic carbocycles. The number of aliphatic hydroxyl groups excluding tert-OH is 1. The Balaban J connectivity index is 2.16. The molecule has 1 saturated carbocycles. The predicted octanol–water partition coefficient (Wildman–Crippen LogP) is 2.91. The standard InChI is InChI=1S/C17H28N2O2/c1-12(2)13-7-9-17(11-18,10-8-13)16(20)14-5-4-6-15(19-14)21-3/h4-6,12-13,16,20H,7-11,18H2,1-3H3. The van der Waals surface area contributed by atoms with Crippen molar-refractivity contribution in [2.24, 2.45) is 23.0 Å². The van der Waals surface area contributed by atoms with Crippen LogP contribution in [-0.4, -0.2) is 23.7 Å². The number of nitrogens with two attached hydrogens (primary N) is 1. The molecule has 2 rings (SSSR count). The van der Waals surface area contributed by atoms with Gasteiger partial charge in [0.15, 0.2) is 0 Å². The number of hydrogen-bond acceptors (Lipinski definition) is 4. The van der Waals surface area contributed by atoms with Crippen molar-refractivity contribution in [3.05, 3.63) is 23.9 Å². The zero-order valence-corrected chi connectivity index (χ0v) is 13.4. The summed E-state index contributed by atoms with van der Waals surface area (Å²) in [6, 6.07) is 5.52. The van der Waals surface area contributed by atoms with Crippen LogP contribution in [0.15, 0.2) is 18.2 Å². The SMILES string of the molecule is COc1cccc(C(O)C2(CN)CCC(C(C)C)CC2)n1. The number of ether oxygens (including phenoxy) is 1. The summed E-state index contributed by atoms with van der Waals surface area (Å²) in [6.07, 6.45) is 3.58. The molecule has 0 amide bonds. The second kappa shape index (κ2) is 6.75. The van der Waals surface area contributed by atoms with E-state index in [-0.39, 0.29) is 5.41 Å². The van der Waals surface area contributed by atoms with Crippen molar-refractivity contribution in [3.8, 4) is 5.88 Å². The van der Waals surface area contributed by atoms with E-state index in [1.807, 2.05) is 12.1 Å². The van der Waals surface area contributed by atoms with Crippen molar-refractivity contribution in [1.82, 2.24) is 4.98 Å². The Morgan fingerprint density at radius 3 is 2.57 bits per heavy atom. The quantitative estimate of drug-likeness (QED) is 0.875. The minimum absolute atomic E-state index is 0.245. The van der Waals surface area contributed by atoms with Crippen LogP contribution in [0.3, 0.4) is 0 Å². The van der Waals surface area contributed by atoms with Gasteiger partial charge in [-0.05, 0) is 43.6 Å². The van der Waals surface area contributed by atoms with Gasteiger partial charge in [-0.1, -0.05) is 19.9 Å². The molecule has 1 unspecified atom stereocenters. The fourth-order valence-corrected chi connectivity index (χ4v) is 3.48. The fraction of sp³-hybridized carbons (Fsp3) is 0.706. The molecule has 1 fully saturated rings. The van der Waals surface area contributed by atoms with Gasteiger partial charge in [-0.3, -0.25) is 0 Å². The Bertz CT molecular complexity index is 454. The smallest absolute Gasteiger partial charge is 0.213 e. The molecule has 4 heteroatoms. The Morgan fingerprint density at radius 1 is 1.38 bits per heavy atom. The molecule has 118 valence electrons. The van der Waals surface area contributed by atoms with Crippen molar-refractivity contribution in [2.75, 3.05) is 13.7 Å². The van der Waals surface area contributed by atoms with E-state index in [0.29, 0.717) is 24.0 Å². The Kier molecular flexibility index (Phi) is 5.22. The van der Waals surface area contributed by atoms with E-state index in [1.165, 1.54) is 0 Å². The van der Waals surface area contributed by atoms with E-state index in [1.54, 1.807) is 13.2 Å². The van der Waals surface area contributed by atoms with Crippen LogP contribution in [0.1, 0.15) is 51.3 Å². The molecule has 1 aromatic rings. The van der Waals surface area contributed by atoms with Gasteiger partial charge < -0.3 is 15.6 Å². The molecule has 0 bridgehead atoms. The Labute approximate surface area is 127 Å². The molecule has 0 saturated heterocycles. The van der Waals surface area contributed by atoms with E-state index in [4.69, 9.17) is 10.5 Å². The summed E-state index contributed by atoms with van der Waals surface area (Å²) >= 11 is 0. The summed E-state index contributed by atoms with van der Waals surface area (Å²) < 4.78 is 5.15. The highest BCUT2D eigenvalue weighted by Crippen LogP contribution is 2.48. The Hall–Kier alpha value is -1.13. The molecule has 1 aliphatic carbocycles. The van der Waals surface area contributed by atoms with Crippen molar-refractivity contribution < 1.29 is 9.84 Å². The number of aromatic nitrogens is 1. The second-order valence-electron chi connectivity index (χ2n) is 6.66. The lowest BCUT2D eigenvalue weighted by Gasteiger charge is -2.43. The first-order chi connectivity index (χ1) is 10.0. The number of methoxy groups -OCH3 is 1. The minimum Gasteiger partial charge on any atom is -0.481 e. The van der Waals surface area contributed by atoms with Crippen LogP contribution in [-0.2, 0) is 0 Å². The highest BCUT2D eigenvalue weighted by molar-refractivity contribution is 5.19. The molecule has 3 N–H and O–H groups in total. The molecule has 0 radical (unpaired) electrons. The maximum atomic E-state index is 10.8. The highest BCUT2D eigenvalue weighted by atomic mass is 16.5. The normalized spacial score (nSPS) is 27.6. The monoisotopic (exact) mass is 292 g/mol. The molecule has 0 aliphatic heterocycles. The van der Waals surface area contributed by atoms with Gasteiger partial charge in [0.1, 0.15) is 6.10 Å². The first kappa shape index (κ1) is 16.2. The van der Waals surface area contributed by atoms with Crippen LogP contribution in [0.2, 0.25) is 0 Å². The number of aliphatic hydroxyl groups is 1. The van der Waals surface area contributed by atoms with Gasteiger partial charge in [-0.2, -0.15) is 0 Å². The topological polar surface area (TPSA) is 68.4 Å². The van der Waals surface area contributed by atoms with E-state index in [2.05, 4.69) is 18.8 Å². The summed E-state index contributed by atoms with van der Waals surface area (Å²) in [5.41, 5.74) is 6.47. The van der Waals surface area contributed by atoms with Crippen LogP contribution in [0.4, 0.5) is 0 Å². The second-order valence-corrected chi connectivity index (χ2v) is 6.66. The van der Waals surface area contributed by atoms with Crippen molar-refractivity contribution in [1.29, 1.82) is 0 Å². The van der Waals surface area contributed by atoms with E-state index in [0.717, 1.165) is 31.6 Å². The zero-order chi connectivity index (χ0) is 15.5. The van der Waals surface area contributed by atoms with Gasteiger partial charge >= 0.3 is 0 Å². The van der Waals surface area contributed by atoms with Gasteiger partial charge in [-0.15, -0.1) is 0 Å². The summed E-state index contributed by atoms with van der Waals surface area (Å²) in [7, 11) is 1.59. The van der Waals surface area contributed by atoms with Gasteiger partial charge in [0, 0.05) is 18.0 Å². The first-order valence-electron chi connectivity index (χ1n) is 7.91. The van der Waals surface area contributed by atoms with E-state index in [9.17, 15) is 5.11 Å². The van der Waals surface area contributed by atoms with Crippen LogP contribution < -0.4 is 10.5 Å². The molecular formula is C17H28N2O2. The van der Waals surface area contributed by atoms with Crippen LogP contribution in [0.25, 0.3) is 0 Å². The molecule has 21 heavy (non-hydrogen) atoms. The third kappa shape index (κ3) is 3.38. The third-order valence-corrected chi connectivity index (χ3v) is 5.19. The fourth-order valence-electron chi connectivity index (χ4n) is 3.48. The van der Waals surface area contributed by atoms with Crippen LogP contribution >= 0.6 is 0 Å². The average molecular weight is 292 g/mol. The molecule has 1 atom stereocenters. The molecule has 4 nitrogen and oxygen atoms in total. The lowest BCUT2D eigenvalue weighted by molar-refractivity contribution is -0.0175. The van der Waals surface area contributed by atoms with Gasteiger partial charge in [0.05, 0.1) is 12.8 Å². The number of hydrogen-bond donors (Lipinski definition) is 2. The summed E-state index contributed by atoms with van der Waals surface area (Å²) in [4.78, 5) is 4.39. The van der Waals surface area contributed by atoms with Crippen molar-refractivity contribution >= 4 is 0 Å². The maximum Gasteiger partial charge on any atom is 0.213 e. The van der Waals surface area contributed by atoms with Crippen molar-refractivity contribution in [3.63, 3.8) is 0 Å². The average Bonchev–Trinajstić information content (AvgIpc) is 2.54. The van der Waals surface area contributed by atoms with E-state index < -0.39 is 6.10 Å². The van der Waals surface area contributed by atoms with Gasteiger partial charge in [0.2, 0.25) is 5.88 Å². The zero-order valence-electron chi connectivity index (χ0n) is 13.4. The first-order valence-corrected chi connectivity index (χ1v) is 7.91. The molecule has 1 aromatic heterocycles. The predicted molar refractivity (Wildman–Crippen MR) is 84.0 cm³/mol. The minimum atomic E-state index is -0.620. The third-order valence-electron chi connectivity index (χ3n) is 5.19. The van der Waals surface area contributed by atoms with Crippen molar-refractivity contribution in [2.45, 2.75) is 45.6 Å². The number of pyridine rings is 1. The maximum absolute atomic E-state index is 10.8. The van der Waals surface area contributed by atoms with Gasteiger partial charge in [-0.25, -0.2) is 4.98 Å². The molecule has 1 aliphatic rings. The van der Waals surface area contributed by atoms with E-state index >= 15 is 0 Å². The Morgan fingerprint density at radius 2 is 2.05 bits per heavy atom. The summed E-state index contributed by atoms with van der Waals surface area (Å²) in [6.45, 7) is 5.05. The van der Waals surface area contributed by atoms with Crippen LogP contribution in [0.5, 0.6) is 5.88 Å². The number of nitrogens with zero attached hydrogens (tertiary/aromatic N) is 1. The number of rotatable bonds is 5. The highest BCUT2D eigenvalue weighted by Gasteiger charge is 2.42. The lowest BCUT2D eigenvalue weighted by atomic mass is 9.64. The summed E-state index contributed by atoms with van der Waals surface area (Å²) in [5, 5.41) is 10.8.